The molecule has 1 saturated carbocycles. The summed E-state index contributed by atoms with van der Waals surface area (Å²) in [6.45, 7) is 0.227. The van der Waals surface area contributed by atoms with E-state index in [1.807, 2.05) is 18.2 Å². The van der Waals surface area contributed by atoms with E-state index in [0.29, 0.717) is 18.7 Å². The van der Waals surface area contributed by atoms with Crippen molar-refractivity contribution in [3.8, 4) is 5.75 Å². The second-order valence-corrected chi connectivity index (χ2v) is 9.91. The number of carbonyl (C=O) groups excluding carboxylic acids is 3. The molecule has 3 atom stereocenters. The fourth-order valence-corrected chi connectivity index (χ4v) is 5.72. The fraction of sp³-hybridized carbons (Fsp3) is 0.464. The first-order chi connectivity index (χ1) is 18.0. The van der Waals surface area contributed by atoms with Crippen molar-refractivity contribution in [1.82, 2.24) is 15.3 Å². The van der Waals surface area contributed by atoms with Crippen molar-refractivity contribution in [1.29, 1.82) is 0 Å². The van der Waals surface area contributed by atoms with E-state index in [0.717, 1.165) is 43.2 Å². The average Bonchev–Trinajstić information content (AvgIpc) is 3.40. The highest BCUT2D eigenvalue weighted by Crippen LogP contribution is 2.46. The van der Waals surface area contributed by atoms with Gasteiger partial charge in [0.15, 0.2) is 6.10 Å². The molecule has 8 nitrogen and oxygen atoms in total. The van der Waals surface area contributed by atoms with E-state index in [2.05, 4.69) is 5.32 Å². The molecule has 0 spiro atoms. The van der Waals surface area contributed by atoms with Gasteiger partial charge in [-0.2, -0.15) is 5.06 Å². The predicted molar refractivity (Wildman–Crippen MR) is 133 cm³/mol. The van der Waals surface area contributed by atoms with Gasteiger partial charge in [0.1, 0.15) is 18.1 Å². The maximum Gasteiger partial charge on any atom is 0.261 e. The molecule has 2 aliphatic heterocycles. The average molecular weight is 510 g/mol. The van der Waals surface area contributed by atoms with Crippen LogP contribution in [0.25, 0.3) is 0 Å². The molecule has 0 bridgehead atoms. The molecule has 5 rings (SSSR count). The molecule has 2 aromatic carbocycles. The number of fused-ring (bicyclic) bond motifs is 1. The third-order valence-electron chi connectivity index (χ3n) is 7.55. The molecule has 3 unspecified atom stereocenters. The zero-order valence-corrected chi connectivity index (χ0v) is 20.9. The summed E-state index contributed by atoms with van der Waals surface area (Å²) in [5, 5.41) is 4.32. The second kappa shape index (κ2) is 11.0. The quantitative estimate of drug-likeness (QED) is 0.550. The van der Waals surface area contributed by atoms with Gasteiger partial charge in [0.2, 0.25) is 11.8 Å². The molecule has 1 N–H and O–H groups in total. The van der Waals surface area contributed by atoms with Crippen LogP contribution in [0.1, 0.15) is 49.3 Å². The minimum absolute atomic E-state index is 0.0860. The Bertz CT molecular complexity index is 1150. The lowest BCUT2D eigenvalue weighted by molar-refractivity contribution is -0.183. The first kappa shape index (κ1) is 25.4. The van der Waals surface area contributed by atoms with Crippen LogP contribution in [0.2, 0.25) is 0 Å². The summed E-state index contributed by atoms with van der Waals surface area (Å²) >= 11 is 0. The van der Waals surface area contributed by atoms with Crippen molar-refractivity contribution < 1.29 is 28.3 Å². The van der Waals surface area contributed by atoms with Crippen LogP contribution in [0, 0.1) is 11.7 Å². The van der Waals surface area contributed by atoms with Crippen molar-refractivity contribution in [3.63, 3.8) is 0 Å². The highest BCUT2D eigenvalue weighted by Gasteiger charge is 2.60. The molecule has 2 heterocycles. The first-order valence-corrected chi connectivity index (χ1v) is 12.9. The largest absolute Gasteiger partial charge is 0.497 e. The van der Waals surface area contributed by atoms with Gasteiger partial charge in [0.25, 0.3) is 5.91 Å². The zero-order valence-electron chi connectivity index (χ0n) is 20.9. The molecule has 37 heavy (non-hydrogen) atoms. The maximum atomic E-state index is 13.7. The number of hydroxylamine groups is 2. The Labute approximate surface area is 215 Å². The minimum Gasteiger partial charge on any atom is -0.497 e. The Kier molecular flexibility index (Phi) is 7.53. The Morgan fingerprint density at radius 2 is 1.84 bits per heavy atom. The molecule has 0 aromatic heterocycles. The summed E-state index contributed by atoms with van der Waals surface area (Å²) in [5.41, 5.74) is 1.65. The topological polar surface area (TPSA) is 88.2 Å². The molecule has 3 amide bonds. The van der Waals surface area contributed by atoms with Crippen molar-refractivity contribution in [3.05, 3.63) is 65.5 Å². The summed E-state index contributed by atoms with van der Waals surface area (Å²) in [4.78, 5) is 47.4. The monoisotopic (exact) mass is 509 g/mol. The lowest BCUT2D eigenvalue weighted by atomic mass is 9.90. The van der Waals surface area contributed by atoms with E-state index in [1.165, 1.54) is 22.1 Å². The van der Waals surface area contributed by atoms with Gasteiger partial charge in [-0.05, 0) is 54.7 Å². The van der Waals surface area contributed by atoms with Gasteiger partial charge >= 0.3 is 0 Å². The number of hydrogen-bond acceptors (Lipinski definition) is 6. The Morgan fingerprint density at radius 1 is 1.08 bits per heavy atom. The number of halogens is 1. The highest BCUT2D eigenvalue weighted by molar-refractivity contribution is 6.07. The highest BCUT2D eigenvalue weighted by atomic mass is 19.1. The number of imide groups is 1. The third kappa shape index (κ3) is 5.24. The van der Waals surface area contributed by atoms with E-state index in [-0.39, 0.29) is 36.1 Å². The van der Waals surface area contributed by atoms with Crippen LogP contribution in [-0.2, 0) is 25.6 Å². The normalized spacial score (nSPS) is 24.4. The van der Waals surface area contributed by atoms with E-state index >= 15 is 0 Å². The standard InChI is InChI=1S/C28H32FN3O5/c1-36-22-9-5-6-19(16-22)25-24-26(28(35)32(27(24)34)21-7-3-2-4-8-21)37-31(25)17-23(33)30-15-14-18-10-12-20(29)13-11-18/h5-6,9-13,16,21,24-26H,2-4,7-8,14-15,17H2,1H3,(H,30,33). The van der Waals surface area contributed by atoms with E-state index in [1.54, 1.807) is 25.3 Å². The first-order valence-electron chi connectivity index (χ1n) is 12.9. The lowest BCUT2D eigenvalue weighted by Crippen LogP contribution is -2.45. The van der Waals surface area contributed by atoms with Gasteiger partial charge in [-0.1, -0.05) is 43.5 Å². The molecule has 0 radical (unpaired) electrons. The van der Waals surface area contributed by atoms with Gasteiger partial charge in [-0.25, -0.2) is 4.39 Å². The zero-order chi connectivity index (χ0) is 25.9. The predicted octanol–water partition coefficient (Wildman–Crippen LogP) is 3.17. The van der Waals surface area contributed by atoms with Gasteiger partial charge in [-0.15, -0.1) is 0 Å². The molecule has 2 saturated heterocycles. The third-order valence-corrected chi connectivity index (χ3v) is 7.55. The number of rotatable bonds is 8. The van der Waals surface area contributed by atoms with Crippen LogP contribution in [0.5, 0.6) is 5.75 Å². The molecule has 196 valence electrons. The summed E-state index contributed by atoms with van der Waals surface area (Å²) in [6.07, 6.45) is 4.36. The van der Waals surface area contributed by atoms with E-state index < -0.39 is 18.1 Å². The van der Waals surface area contributed by atoms with Crippen LogP contribution < -0.4 is 10.1 Å². The summed E-state index contributed by atoms with van der Waals surface area (Å²) in [7, 11) is 1.56. The molecule has 9 heteroatoms. The van der Waals surface area contributed by atoms with Crippen molar-refractivity contribution in [2.24, 2.45) is 5.92 Å². The van der Waals surface area contributed by atoms with Crippen molar-refractivity contribution >= 4 is 17.7 Å². The lowest BCUT2D eigenvalue weighted by Gasteiger charge is -2.32. The Balaban J connectivity index is 1.32. The maximum absolute atomic E-state index is 13.7. The molecular formula is C28H32FN3O5. The van der Waals surface area contributed by atoms with Crippen LogP contribution in [0.3, 0.4) is 0 Å². The van der Waals surface area contributed by atoms with Crippen LogP contribution in [0.15, 0.2) is 48.5 Å². The SMILES string of the molecule is COc1cccc(C2C3C(=O)N(C4CCCCC4)C(=O)C3ON2CC(=O)NCCc2ccc(F)cc2)c1. The molecule has 3 fully saturated rings. The van der Waals surface area contributed by atoms with Crippen LogP contribution >= 0.6 is 0 Å². The summed E-state index contributed by atoms with van der Waals surface area (Å²) < 4.78 is 18.5. The number of methoxy groups -OCH3 is 1. The van der Waals surface area contributed by atoms with Gasteiger partial charge in [-0.3, -0.25) is 24.1 Å². The van der Waals surface area contributed by atoms with Crippen molar-refractivity contribution in [2.75, 3.05) is 20.2 Å². The number of ether oxygens (including phenoxy) is 1. The summed E-state index contributed by atoms with van der Waals surface area (Å²) in [5.74, 6) is -1.25. The molecular weight excluding hydrogens is 477 g/mol. The number of nitrogens with one attached hydrogen (secondary N) is 1. The number of amides is 3. The molecule has 3 aliphatic rings. The van der Waals surface area contributed by atoms with E-state index in [9.17, 15) is 18.8 Å². The summed E-state index contributed by atoms with van der Waals surface area (Å²) in [6, 6.07) is 12.7. The van der Waals surface area contributed by atoms with Gasteiger partial charge in [0.05, 0.1) is 19.1 Å². The molecule has 1 aliphatic carbocycles. The number of likely N-dealkylation sites (tertiary alicyclic amines) is 1. The Hall–Kier alpha value is -3.30. The van der Waals surface area contributed by atoms with Crippen molar-refractivity contribution in [2.45, 2.75) is 56.7 Å². The fourth-order valence-electron chi connectivity index (χ4n) is 5.72. The Morgan fingerprint density at radius 3 is 2.57 bits per heavy atom. The number of nitrogens with zero attached hydrogens (tertiary/aromatic N) is 2. The van der Waals surface area contributed by atoms with E-state index in [4.69, 9.17) is 9.57 Å². The number of carbonyl (C=O) groups is 3. The van der Waals surface area contributed by atoms with Crippen LogP contribution in [0.4, 0.5) is 4.39 Å². The van der Waals surface area contributed by atoms with Gasteiger partial charge < -0.3 is 10.1 Å². The van der Waals surface area contributed by atoms with Gasteiger partial charge in [0, 0.05) is 12.6 Å². The number of hydrogen-bond donors (Lipinski definition) is 1. The minimum atomic E-state index is -0.947. The molecule has 2 aromatic rings. The smallest absolute Gasteiger partial charge is 0.261 e. The number of benzene rings is 2. The second-order valence-electron chi connectivity index (χ2n) is 9.91. The van der Waals surface area contributed by atoms with Crippen LogP contribution in [-0.4, -0.2) is 60.0 Å².